The molecule has 12 aromatic rings. The van der Waals surface area contributed by atoms with Crippen LogP contribution in [-0.2, 0) is 10.8 Å². The zero-order chi connectivity index (χ0) is 54.2. The Morgan fingerprint density at radius 2 is 0.900 bits per heavy atom. The molecule has 15 rings (SSSR count). The van der Waals surface area contributed by atoms with Crippen LogP contribution in [0.2, 0.25) is 0 Å². The molecule has 378 valence electrons. The van der Waals surface area contributed by atoms with Gasteiger partial charge in [-0.25, -0.2) is 0 Å². The van der Waals surface area contributed by atoms with Crippen LogP contribution in [0.15, 0.2) is 211 Å². The first-order valence-corrected chi connectivity index (χ1v) is 30.1. The fourth-order valence-electron chi connectivity index (χ4n) is 13.4. The van der Waals surface area contributed by atoms with Crippen LogP contribution in [0.5, 0.6) is 0 Å². The zero-order valence-electron chi connectivity index (χ0n) is 44.1. The van der Waals surface area contributed by atoms with E-state index in [1.807, 2.05) is 41.7 Å². The summed E-state index contributed by atoms with van der Waals surface area (Å²) in [5.74, 6) is -0.179. The minimum atomic E-state index is -0.721. The highest BCUT2D eigenvalue weighted by atomic mass is 32.1. The van der Waals surface area contributed by atoms with E-state index in [4.69, 9.17) is 0 Å². The number of aryl methyl sites for hydroxylation is 4. The summed E-state index contributed by atoms with van der Waals surface area (Å²) in [4.78, 5) is 19.6. The van der Waals surface area contributed by atoms with Crippen LogP contribution in [0, 0.1) is 50.4 Å². The number of hydrogen-bond donors (Lipinski definition) is 0. The molecule has 0 aliphatic heterocycles. The Labute approximate surface area is 480 Å². The number of ketones is 1. The Morgan fingerprint density at radius 3 is 1.35 bits per heavy atom. The van der Waals surface area contributed by atoms with Gasteiger partial charge in [-0.05, 0) is 177 Å². The van der Waals surface area contributed by atoms with Crippen LogP contribution in [0.3, 0.4) is 0 Å². The fourth-order valence-corrected chi connectivity index (χ4v) is 17.4. The summed E-state index contributed by atoms with van der Waals surface area (Å²) >= 11 is 7.09. The van der Waals surface area contributed by atoms with Crippen molar-refractivity contribution in [1.29, 1.82) is 10.5 Å². The zero-order valence-corrected chi connectivity index (χ0v) is 47.3. The summed E-state index contributed by atoms with van der Waals surface area (Å²) in [5.41, 5.74) is 20.4. The molecule has 0 saturated carbocycles. The molecule has 0 amide bonds. The van der Waals surface area contributed by atoms with Crippen molar-refractivity contribution in [2.24, 2.45) is 0 Å². The van der Waals surface area contributed by atoms with Gasteiger partial charge in [-0.3, -0.25) is 4.79 Å². The van der Waals surface area contributed by atoms with Crippen molar-refractivity contribution >= 4 is 83.0 Å². The normalized spacial score (nSPS) is 14.7. The van der Waals surface area contributed by atoms with Crippen molar-refractivity contribution in [3.05, 3.63) is 293 Å². The Morgan fingerprint density at radius 1 is 0.438 bits per heavy atom. The van der Waals surface area contributed by atoms with E-state index < -0.39 is 10.8 Å². The number of carbonyl (C=O) groups is 1. The minimum Gasteiger partial charge on any atom is -0.289 e. The molecule has 0 fully saturated rings. The molecule has 3 nitrogen and oxygen atoms in total. The molecule has 3 aliphatic carbocycles. The van der Waals surface area contributed by atoms with Crippen molar-refractivity contribution < 1.29 is 4.79 Å². The Balaban J connectivity index is 1.00. The minimum absolute atomic E-state index is 0.0649. The number of hydrogen-bond acceptors (Lipinski definition) is 7. The van der Waals surface area contributed by atoms with E-state index in [0.717, 1.165) is 14.6 Å². The fraction of sp³-hybridized carbons (Fsp3) is 0.0822. The molecule has 0 unspecified atom stereocenters. The molecule has 4 heterocycles. The van der Waals surface area contributed by atoms with E-state index in [9.17, 15) is 15.3 Å². The maximum absolute atomic E-state index is 14.0. The second kappa shape index (κ2) is 18.1. The van der Waals surface area contributed by atoms with E-state index in [0.29, 0.717) is 22.3 Å². The molecule has 8 aromatic carbocycles. The highest BCUT2D eigenvalue weighted by Gasteiger charge is 2.53. The lowest BCUT2D eigenvalue weighted by Crippen LogP contribution is -2.30. The Hall–Kier alpha value is -8.79. The number of Topliss-reactive ketones (excluding diaryl/α,β-unsaturated/α-hetero) is 1. The molecule has 0 bridgehead atoms. The molecule has 0 spiro atoms. The number of fused-ring (bicyclic) bond motifs is 11. The molecule has 0 N–H and O–H groups in total. The number of rotatable bonds is 7. The van der Waals surface area contributed by atoms with Gasteiger partial charge in [-0.2, -0.15) is 10.5 Å². The van der Waals surface area contributed by atoms with Gasteiger partial charge in [0.2, 0.25) is 0 Å². The van der Waals surface area contributed by atoms with E-state index >= 15 is 0 Å². The first-order chi connectivity index (χ1) is 39.1. The monoisotopic (exact) mass is 1090 g/mol. The molecule has 4 aromatic heterocycles. The van der Waals surface area contributed by atoms with Gasteiger partial charge in [0.1, 0.15) is 17.7 Å². The molecular formula is C73H46N2OS4. The number of nitriles is 2. The third-order valence-corrected chi connectivity index (χ3v) is 21.5. The number of allylic oxidation sites excluding steroid dienone is 3. The summed E-state index contributed by atoms with van der Waals surface area (Å²) < 4.78 is 2.47. The first kappa shape index (κ1) is 48.3. The predicted octanol–water partition coefficient (Wildman–Crippen LogP) is 19.6. The van der Waals surface area contributed by atoms with Crippen molar-refractivity contribution in [3.8, 4) is 53.9 Å². The van der Waals surface area contributed by atoms with Crippen LogP contribution in [0.25, 0.3) is 73.6 Å². The lowest BCUT2D eigenvalue weighted by Gasteiger charge is -2.36. The smallest absolute Gasteiger partial charge is 0.194 e. The summed E-state index contributed by atoms with van der Waals surface area (Å²) in [6.07, 6.45) is 1.86. The number of carbonyl (C=O) groups excluding carboxylic acids is 1. The van der Waals surface area contributed by atoms with Crippen molar-refractivity contribution in [2.75, 3.05) is 0 Å². The lowest BCUT2D eigenvalue weighted by atomic mass is 9.65. The largest absolute Gasteiger partial charge is 0.289 e. The summed E-state index contributed by atoms with van der Waals surface area (Å²) in [7, 11) is 0. The van der Waals surface area contributed by atoms with Gasteiger partial charge in [-0.1, -0.05) is 162 Å². The van der Waals surface area contributed by atoms with E-state index in [-0.39, 0.29) is 11.4 Å². The van der Waals surface area contributed by atoms with Gasteiger partial charge in [-0.15, -0.1) is 45.3 Å². The average molecular weight is 1100 g/mol. The van der Waals surface area contributed by atoms with Crippen LogP contribution < -0.4 is 0 Å². The number of nitrogens with zero attached hydrogens (tertiary/aromatic N) is 2. The second-order valence-corrected chi connectivity index (χ2v) is 25.7. The molecule has 0 saturated heterocycles. The summed E-state index contributed by atoms with van der Waals surface area (Å²) in [6.45, 7) is 8.71. The molecule has 3 aliphatic rings. The Bertz CT molecular complexity index is 4650. The van der Waals surface area contributed by atoms with Gasteiger partial charge >= 0.3 is 0 Å². The SMILES string of the molecule is Cc1ccc(C2(c3ccc(C)cc3)c3cc4c(cc3-c3ccc5sc(-c6cccs6)cc5c32)C(c2ccc(C)cc2)(c2ccc(C)cc2)c2c-4ccc3sc(-c4ccc(/C=C5\C(=O)c6ccccc6C5=C(C#N)C#N)s4)cc23)cc1. The third kappa shape index (κ3) is 6.89. The highest BCUT2D eigenvalue weighted by molar-refractivity contribution is 7.26. The van der Waals surface area contributed by atoms with Gasteiger partial charge in [0, 0.05) is 50.5 Å². The predicted molar refractivity (Wildman–Crippen MR) is 334 cm³/mol. The lowest BCUT2D eigenvalue weighted by molar-refractivity contribution is 0.104. The van der Waals surface area contributed by atoms with Gasteiger partial charge in [0.15, 0.2) is 5.78 Å². The van der Waals surface area contributed by atoms with E-state index in [1.54, 1.807) is 40.1 Å². The average Bonchev–Trinajstić information content (AvgIpc) is 2.27. The second-order valence-electron chi connectivity index (χ2n) is 21.5. The first-order valence-electron chi connectivity index (χ1n) is 26.8. The van der Waals surface area contributed by atoms with Crippen molar-refractivity contribution in [3.63, 3.8) is 0 Å². The Kier molecular flexibility index (Phi) is 11.0. The molecular weight excluding hydrogens is 1050 g/mol. The molecule has 0 atom stereocenters. The highest BCUT2D eigenvalue weighted by Crippen LogP contribution is 2.65. The van der Waals surface area contributed by atoms with Crippen molar-refractivity contribution in [2.45, 2.75) is 38.5 Å². The maximum Gasteiger partial charge on any atom is 0.194 e. The number of benzene rings is 8. The number of thiophene rings is 4. The third-order valence-electron chi connectivity index (χ3n) is 17.0. The summed E-state index contributed by atoms with van der Waals surface area (Å²) in [6, 6.07) is 76.7. The molecule has 80 heavy (non-hydrogen) atoms. The van der Waals surface area contributed by atoms with Crippen LogP contribution in [0.4, 0.5) is 0 Å². The summed E-state index contributed by atoms with van der Waals surface area (Å²) in [5, 5.41) is 24.8. The van der Waals surface area contributed by atoms with Crippen molar-refractivity contribution in [1.82, 2.24) is 0 Å². The quantitative estimate of drug-likeness (QED) is 0.118. The van der Waals surface area contributed by atoms with Crippen LogP contribution >= 0.6 is 45.3 Å². The van der Waals surface area contributed by atoms with Gasteiger partial charge in [0.05, 0.1) is 10.8 Å². The van der Waals surface area contributed by atoms with Gasteiger partial charge < -0.3 is 0 Å². The van der Waals surface area contributed by atoms with Crippen LogP contribution in [-0.4, -0.2) is 5.78 Å². The van der Waals surface area contributed by atoms with Crippen LogP contribution in [0.1, 0.15) is 87.6 Å². The standard InChI is InChI=1S/C73H46N2OS4/c1-41-11-19-46(20-12-41)72(47-21-13-42(2)14-22-47)60-36-56-53-29-32-63-58(38-67(80-63)65-30-27-50(78-65)34-59-68(45(39-74)40-75)51-8-5-6-9-54(51)71(59)76)70(53)73(48-23-15-43(3)16-24-48,49-25-17-44(4)18-26-49)61(56)35-55(60)52-28-31-62-57(69(52)72)37-66(79-62)64-10-7-33-77-64/h5-38H,1-4H3/b59-34-. The molecule has 0 radical (unpaired) electrons. The topological polar surface area (TPSA) is 64.7 Å². The maximum atomic E-state index is 14.0. The van der Waals surface area contributed by atoms with E-state index in [1.165, 1.54) is 119 Å². The molecule has 7 heteroatoms. The van der Waals surface area contributed by atoms with E-state index in [2.05, 4.69) is 209 Å². The van der Waals surface area contributed by atoms with Gasteiger partial charge in [0.25, 0.3) is 0 Å².